The van der Waals surface area contributed by atoms with E-state index in [1.807, 2.05) is 42.5 Å². The molecule has 1 fully saturated rings. The maximum absolute atomic E-state index is 13.2. The van der Waals surface area contributed by atoms with Gasteiger partial charge in [-0.1, -0.05) is 30.3 Å². The molecule has 7 nitrogen and oxygen atoms in total. The van der Waals surface area contributed by atoms with E-state index < -0.39 is 11.8 Å². The van der Waals surface area contributed by atoms with E-state index in [4.69, 9.17) is 9.47 Å². The van der Waals surface area contributed by atoms with Gasteiger partial charge in [0.2, 0.25) is 11.8 Å². The molecule has 2 aliphatic rings. The summed E-state index contributed by atoms with van der Waals surface area (Å²) in [6.45, 7) is 0.282. The van der Waals surface area contributed by atoms with Crippen molar-refractivity contribution in [2.75, 3.05) is 13.7 Å². The molecule has 2 aromatic rings. The number of rotatable bonds is 4. The lowest BCUT2D eigenvalue weighted by molar-refractivity contribution is -0.140. The summed E-state index contributed by atoms with van der Waals surface area (Å²) >= 11 is 0. The molecule has 154 valence electrons. The third kappa shape index (κ3) is 3.62. The Morgan fingerprint density at radius 2 is 1.87 bits per heavy atom. The maximum atomic E-state index is 13.2. The van der Waals surface area contributed by atoms with Gasteiger partial charge in [-0.15, -0.1) is 0 Å². The molecule has 4 rings (SSSR count). The lowest BCUT2D eigenvalue weighted by atomic mass is 9.78. The topological polar surface area (TPSA) is 103 Å². The summed E-state index contributed by atoms with van der Waals surface area (Å²) in [5, 5.41) is 19.1. The van der Waals surface area contributed by atoms with Crippen molar-refractivity contribution in [3.05, 3.63) is 65.2 Å². The van der Waals surface area contributed by atoms with Crippen molar-refractivity contribution in [1.82, 2.24) is 4.90 Å². The number of hydrogen-bond donors (Lipinski definition) is 0. The Morgan fingerprint density at radius 1 is 1.13 bits per heavy atom. The van der Waals surface area contributed by atoms with E-state index in [9.17, 15) is 20.1 Å². The van der Waals surface area contributed by atoms with E-state index in [0.29, 0.717) is 22.6 Å². The number of carbonyl (C=O) groups is 2. The molecule has 0 bridgehead atoms. The molecule has 0 radical (unpaired) electrons. The molecule has 0 spiro atoms. The fourth-order valence-corrected chi connectivity index (χ4v) is 4.17. The van der Waals surface area contributed by atoms with E-state index in [1.54, 1.807) is 18.2 Å². The molecule has 0 saturated carbocycles. The Balaban J connectivity index is 1.71. The van der Waals surface area contributed by atoms with Crippen molar-refractivity contribution in [3.63, 3.8) is 0 Å². The summed E-state index contributed by atoms with van der Waals surface area (Å²) in [4.78, 5) is 27.2. The number of benzene rings is 2. The van der Waals surface area contributed by atoms with Crippen LogP contribution in [0.3, 0.4) is 0 Å². The first kappa shape index (κ1) is 20.2. The number of allylic oxidation sites excluding steroid dienone is 1. The van der Waals surface area contributed by atoms with Crippen molar-refractivity contribution < 1.29 is 19.1 Å². The van der Waals surface area contributed by atoms with Crippen LogP contribution in [-0.2, 0) is 16.1 Å². The molecule has 7 heteroatoms. The first-order valence-corrected chi connectivity index (χ1v) is 9.81. The van der Waals surface area contributed by atoms with Gasteiger partial charge in [-0.3, -0.25) is 14.5 Å². The Kier molecular flexibility index (Phi) is 5.43. The van der Waals surface area contributed by atoms with Gasteiger partial charge in [0.05, 0.1) is 26.2 Å². The number of ether oxygens (including phenoxy) is 2. The monoisotopic (exact) mass is 413 g/mol. The number of likely N-dealkylation sites (tertiary alicyclic amines) is 1. The van der Waals surface area contributed by atoms with Crippen LogP contribution in [-0.4, -0.2) is 30.4 Å². The number of amides is 2. The summed E-state index contributed by atoms with van der Waals surface area (Å²) in [5.41, 5.74) is 1.78. The molecular weight excluding hydrogens is 394 g/mol. The molecule has 31 heavy (non-hydrogen) atoms. The molecular formula is C24H19N3O4. The zero-order valence-corrected chi connectivity index (χ0v) is 16.9. The largest absolute Gasteiger partial charge is 0.497 e. The van der Waals surface area contributed by atoms with Gasteiger partial charge >= 0.3 is 0 Å². The van der Waals surface area contributed by atoms with Crippen molar-refractivity contribution in [2.24, 2.45) is 11.8 Å². The van der Waals surface area contributed by atoms with Gasteiger partial charge in [0.25, 0.3) is 0 Å². The van der Waals surface area contributed by atoms with Crippen LogP contribution in [0.4, 0.5) is 0 Å². The number of nitrogens with zero attached hydrogens (tertiary/aromatic N) is 3. The SMILES string of the molecule is COc1ccc2c(c1)OC[C@@H](C1CC(=O)N(Cc3ccccc3)C1=O)C2=C(C#N)C#N. The van der Waals surface area contributed by atoms with Gasteiger partial charge in [0.1, 0.15) is 29.2 Å². The minimum atomic E-state index is -0.696. The first-order chi connectivity index (χ1) is 15.1. The average Bonchev–Trinajstić information content (AvgIpc) is 3.08. The lowest BCUT2D eigenvalue weighted by Crippen LogP contribution is -2.35. The fraction of sp³-hybridized carbons (Fsp3) is 0.250. The van der Waals surface area contributed by atoms with Crippen LogP contribution >= 0.6 is 0 Å². The normalized spacial score (nSPS) is 19.8. The van der Waals surface area contributed by atoms with Gasteiger partial charge in [-0.05, 0) is 23.3 Å². The van der Waals surface area contributed by atoms with Gasteiger partial charge in [0.15, 0.2) is 0 Å². The third-order valence-electron chi connectivity index (χ3n) is 5.71. The quantitative estimate of drug-likeness (QED) is 0.564. The highest BCUT2D eigenvalue weighted by Crippen LogP contribution is 2.45. The number of nitriles is 2. The third-order valence-corrected chi connectivity index (χ3v) is 5.71. The second kappa shape index (κ2) is 8.33. The van der Waals surface area contributed by atoms with E-state index in [0.717, 1.165) is 5.56 Å². The van der Waals surface area contributed by atoms with Gasteiger partial charge in [-0.2, -0.15) is 10.5 Å². The van der Waals surface area contributed by atoms with E-state index in [2.05, 4.69) is 0 Å². The predicted molar refractivity (Wildman–Crippen MR) is 110 cm³/mol. The predicted octanol–water partition coefficient (Wildman–Crippen LogP) is 3.08. The highest BCUT2D eigenvalue weighted by Gasteiger charge is 2.46. The van der Waals surface area contributed by atoms with Gasteiger partial charge < -0.3 is 9.47 Å². The molecule has 1 unspecified atom stereocenters. The van der Waals surface area contributed by atoms with E-state index in [1.165, 1.54) is 12.0 Å². The van der Waals surface area contributed by atoms with Crippen molar-refractivity contribution in [1.29, 1.82) is 10.5 Å². The van der Waals surface area contributed by atoms with Crippen LogP contribution in [0.5, 0.6) is 11.5 Å². The number of hydrogen-bond acceptors (Lipinski definition) is 6. The van der Waals surface area contributed by atoms with Crippen molar-refractivity contribution in [3.8, 4) is 23.6 Å². The molecule has 0 aliphatic carbocycles. The van der Waals surface area contributed by atoms with E-state index in [-0.39, 0.29) is 37.0 Å². The van der Waals surface area contributed by atoms with E-state index >= 15 is 0 Å². The minimum absolute atomic E-state index is 0.0127. The number of methoxy groups -OCH3 is 1. The average molecular weight is 413 g/mol. The maximum Gasteiger partial charge on any atom is 0.233 e. The van der Waals surface area contributed by atoms with Crippen molar-refractivity contribution in [2.45, 2.75) is 13.0 Å². The Hall–Kier alpha value is -4.10. The van der Waals surface area contributed by atoms with Gasteiger partial charge in [0, 0.05) is 24.0 Å². The van der Waals surface area contributed by atoms with Crippen LogP contribution in [0.1, 0.15) is 17.5 Å². The molecule has 1 saturated heterocycles. The van der Waals surface area contributed by atoms with Crippen LogP contribution in [0.25, 0.3) is 5.57 Å². The van der Waals surface area contributed by atoms with Crippen LogP contribution in [0.15, 0.2) is 54.1 Å². The summed E-state index contributed by atoms with van der Waals surface area (Å²) in [5.74, 6) is -0.799. The zero-order chi connectivity index (χ0) is 22.0. The van der Waals surface area contributed by atoms with Crippen LogP contribution in [0, 0.1) is 34.5 Å². The minimum Gasteiger partial charge on any atom is -0.497 e. The Bertz CT molecular complexity index is 1140. The Morgan fingerprint density at radius 3 is 2.55 bits per heavy atom. The molecule has 2 amide bonds. The highest BCUT2D eigenvalue weighted by molar-refractivity contribution is 6.04. The first-order valence-electron chi connectivity index (χ1n) is 9.81. The molecule has 0 N–H and O–H groups in total. The number of carbonyl (C=O) groups excluding carboxylic acids is 2. The number of imide groups is 1. The summed E-state index contributed by atoms with van der Waals surface area (Å²) in [6, 6.07) is 18.3. The van der Waals surface area contributed by atoms with Crippen LogP contribution < -0.4 is 9.47 Å². The second-order valence-corrected chi connectivity index (χ2v) is 7.41. The molecule has 0 aromatic heterocycles. The summed E-state index contributed by atoms with van der Waals surface area (Å²) < 4.78 is 11.1. The standard InChI is InChI=1S/C24H19N3O4/c1-30-17-7-8-18-21(9-17)31-14-20(23(18)16(11-25)12-26)19-10-22(28)27(24(19)29)13-15-5-3-2-4-6-15/h2-9,19-20H,10,13-14H2,1H3/t19?,20-/m0/s1. The molecule has 2 atom stereocenters. The zero-order valence-electron chi connectivity index (χ0n) is 16.9. The molecule has 2 heterocycles. The second-order valence-electron chi connectivity index (χ2n) is 7.41. The van der Waals surface area contributed by atoms with Crippen molar-refractivity contribution >= 4 is 17.4 Å². The Labute approximate surface area is 179 Å². The number of fused-ring (bicyclic) bond motifs is 1. The van der Waals surface area contributed by atoms with Crippen LogP contribution in [0.2, 0.25) is 0 Å². The summed E-state index contributed by atoms with van der Waals surface area (Å²) in [7, 11) is 1.53. The van der Waals surface area contributed by atoms with Gasteiger partial charge in [-0.25, -0.2) is 0 Å². The smallest absolute Gasteiger partial charge is 0.233 e. The molecule has 2 aromatic carbocycles. The fourth-order valence-electron chi connectivity index (χ4n) is 4.17. The lowest BCUT2D eigenvalue weighted by Gasteiger charge is -2.31. The molecule has 2 aliphatic heterocycles. The highest BCUT2D eigenvalue weighted by atomic mass is 16.5. The summed E-state index contributed by atoms with van der Waals surface area (Å²) in [6.07, 6.45) is 0.0127.